The fourth-order valence-electron chi connectivity index (χ4n) is 1.48. The van der Waals surface area contributed by atoms with Gasteiger partial charge in [-0.15, -0.1) is 11.3 Å². The molecule has 0 saturated heterocycles. The molecule has 1 heterocycles. The molecule has 0 fully saturated rings. The van der Waals surface area contributed by atoms with Crippen molar-refractivity contribution in [2.45, 2.75) is 4.90 Å². The van der Waals surface area contributed by atoms with Crippen LogP contribution in [0.25, 0.3) is 0 Å². The second-order valence-corrected chi connectivity index (χ2v) is 6.38. The highest BCUT2D eigenvalue weighted by Crippen LogP contribution is 2.25. The number of nitro benzene ring substituents is 1. The Morgan fingerprint density at radius 1 is 1.38 bits per heavy atom. The zero-order chi connectivity index (χ0) is 15.5. The first kappa shape index (κ1) is 15.1. The van der Waals surface area contributed by atoms with Gasteiger partial charge in [-0.05, 0) is 17.5 Å². The molecule has 0 unspecified atom stereocenters. The van der Waals surface area contributed by atoms with Crippen LogP contribution in [0.5, 0.6) is 0 Å². The molecule has 21 heavy (non-hydrogen) atoms. The maximum Gasteiger partial charge on any atom is 0.270 e. The SMILES string of the molecule is NS(=O)(=O)c1cc([N+](=O)[O-])ccc1N/N=C\c1cccs1. The van der Waals surface area contributed by atoms with E-state index in [4.69, 9.17) is 5.14 Å². The van der Waals surface area contributed by atoms with Gasteiger partial charge in [0, 0.05) is 17.0 Å². The van der Waals surface area contributed by atoms with Gasteiger partial charge in [0.05, 0.1) is 16.8 Å². The number of primary sulfonamides is 1. The third-order valence-electron chi connectivity index (χ3n) is 2.40. The minimum Gasteiger partial charge on any atom is -0.277 e. The van der Waals surface area contributed by atoms with Crippen LogP contribution in [0.4, 0.5) is 11.4 Å². The first-order chi connectivity index (χ1) is 9.88. The van der Waals surface area contributed by atoms with Crippen LogP contribution < -0.4 is 10.6 Å². The van der Waals surface area contributed by atoms with Crippen molar-refractivity contribution in [3.63, 3.8) is 0 Å². The summed E-state index contributed by atoms with van der Waals surface area (Å²) in [7, 11) is -4.11. The molecule has 0 atom stereocenters. The zero-order valence-electron chi connectivity index (χ0n) is 10.5. The summed E-state index contributed by atoms with van der Waals surface area (Å²) in [6.07, 6.45) is 1.50. The molecule has 0 radical (unpaired) electrons. The van der Waals surface area contributed by atoms with Gasteiger partial charge in [0.1, 0.15) is 4.90 Å². The van der Waals surface area contributed by atoms with E-state index in [1.807, 2.05) is 17.5 Å². The Hall–Kier alpha value is -2.30. The number of non-ortho nitro benzene ring substituents is 1. The first-order valence-corrected chi connectivity index (χ1v) is 7.94. The fraction of sp³-hybridized carbons (Fsp3) is 0. The minimum absolute atomic E-state index is 0.0657. The molecule has 2 aromatic rings. The zero-order valence-corrected chi connectivity index (χ0v) is 12.1. The molecule has 0 saturated carbocycles. The average molecular weight is 326 g/mol. The van der Waals surface area contributed by atoms with E-state index < -0.39 is 14.9 Å². The second-order valence-electron chi connectivity index (χ2n) is 3.87. The third-order valence-corrected chi connectivity index (χ3v) is 4.16. The van der Waals surface area contributed by atoms with Crippen LogP contribution in [0.1, 0.15) is 4.88 Å². The average Bonchev–Trinajstić information content (AvgIpc) is 2.90. The molecule has 3 N–H and O–H groups in total. The van der Waals surface area contributed by atoms with E-state index in [0.717, 1.165) is 17.0 Å². The highest BCUT2D eigenvalue weighted by molar-refractivity contribution is 7.89. The molecule has 0 aliphatic heterocycles. The summed E-state index contributed by atoms with van der Waals surface area (Å²) in [6.45, 7) is 0. The molecule has 0 spiro atoms. The lowest BCUT2D eigenvalue weighted by Crippen LogP contribution is -2.14. The van der Waals surface area contributed by atoms with Crippen molar-refractivity contribution in [1.82, 2.24) is 0 Å². The number of nitrogens with one attached hydrogen (secondary N) is 1. The molecule has 0 bridgehead atoms. The molecule has 110 valence electrons. The second kappa shape index (κ2) is 5.99. The third kappa shape index (κ3) is 3.84. The predicted molar refractivity (Wildman–Crippen MR) is 80.0 cm³/mol. The van der Waals surface area contributed by atoms with Crippen molar-refractivity contribution in [2.75, 3.05) is 5.43 Å². The number of anilines is 1. The Morgan fingerprint density at radius 3 is 2.71 bits per heavy atom. The summed E-state index contributed by atoms with van der Waals surface area (Å²) in [5, 5.41) is 21.5. The van der Waals surface area contributed by atoms with Gasteiger partial charge in [-0.3, -0.25) is 15.5 Å². The van der Waals surface area contributed by atoms with Crippen molar-refractivity contribution < 1.29 is 13.3 Å². The van der Waals surface area contributed by atoms with Crippen molar-refractivity contribution in [3.05, 3.63) is 50.7 Å². The maximum atomic E-state index is 11.5. The number of sulfonamides is 1. The van der Waals surface area contributed by atoms with Crippen LogP contribution in [-0.2, 0) is 10.0 Å². The smallest absolute Gasteiger partial charge is 0.270 e. The molecular formula is C11H10N4O4S2. The minimum atomic E-state index is -4.11. The summed E-state index contributed by atoms with van der Waals surface area (Å²) in [4.78, 5) is 10.5. The number of thiophene rings is 1. The molecule has 0 aliphatic rings. The van der Waals surface area contributed by atoms with Gasteiger partial charge in [-0.25, -0.2) is 13.6 Å². The Kier molecular flexibility index (Phi) is 4.31. The summed E-state index contributed by atoms with van der Waals surface area (Å²) < 4.78 is 23.0. The maximum absolute atomic E-state index is 11.5. The van der Waals surface area contributed by atoms with Gasteiger partial charge in [0.15, 0.2) is 0 Å². The normalized spacial score (nSPS) is 11.7. The van der Waals surface area contributed by atoms with Crippen molar-refractivity contribution in [1.29, 1.82) is 0 Å². The van der Waals surface area contributed by atoms with Gasteiger partial charge in [-0.2, -0.15) is 5.10 Å². The predicted octanol–water partition coefficient (Wildman–Crippen LogP) is 1.75. The van der Waals surface area contributed by atoms with E-state index in [1.54, 1.807) is 0 Å². The van der Waals surface area contributed by atoms with Gasteiger partial charge in [-0.1, -0.05) is 6.07 Å². The molecule has 0 aliphatic carbocycles. The van der Waals surface area contributed by atoms with Crippen LogP contribution in [0.2, 0.25) is 0 Å². The number of hydrogen-bond donors (Lipinski definition) is 2. The van der Waals surface area contributed by atoms with Gasteiger partial charge in [0.25, 0.3) is 5.69 Å². The molecule has 2 rings (SSSR count). The standard InChI is InChI=1S/C11H10N4O4S2/c12-21(18,19)11-6-8(15(16)17)3-4-10(11)14-13-7-9-2-1-5-20-9/h1-7,14H,(H2,12,18,19)/b13-7-. The van der Waals surface area contributed by atoms with E-state index >= 15 is 0 Å². The molecule has 1 aromatic carbocycles. The summed E-state index contributed by atoms with van der Waals surface area (Å²) >= 11 is 1.45. The Labute approximate surface area is 124 Å². The topological polar surface area (TPSA) is 128 Å². The van der Waals surface area contributed by atoms with Gasteiger partial charge in [0.2, 0.25) is 10.0 Å². The molecule has 8 nitrogen and oxygen atoms in total. The van der Waals surface area contributed by atoms with Crippen molar-refractivity contribution in [3.8, 4) is 0 Å². The van der Waals surface area contributed by atoms with E-state index in [0.29, 0.717) is 0 Å². The Bertz CT molecular complexity index is 785. The van der Waals surface area contributed by atoms with E-state index in [1.165, 1.54) is 23.6 Å². The summed E-state index contributed by atoms with van der Waals surface area (Å²) in [6, 6.07) is 6.96. The van der Waals surface area contributed by atoms with Crippen LogP contribution in [0, 0.1) is 10.1 Å². The van der Waals surface area contributed by atoms with Crippen LogP contribution >= 0.6 is 11.3 Å². The Morgan fingerprint density at radius 2 is 2.14 bits per heavy atom. The number of nitrogens with two attached hydrogens (primary N) is 1. The lowest BCUT2D eigenvalue weighted by atomic mass is 10.3. The number of rotatable bonds is 5. The van der Waals surface area contributed by atoms with E-state index in [-0.39, 0.29) is 16.3 Å². The molecule has 10 heteroatoms. The van der Waals surface area contributed by atoms with Gasteiger partial charge >= 0.3 is 0 Å². The lowest BCUT2D eigenvalue weighted by molar-refractivity contribution is -0.385. The number of nitro groups is 1. The fourth-order valence-corrected chi connectivity index (χ4v) is 2.77. The van der Waals surface area contributed by atoms with Crippen LogP contribution in [0.3, 0.4) is 0 Å². The first-order valence-electron chi connectivity index (χ1n) is 5.52. The number of nitrogens with zero attached hydrogens (tertiary/aromatic N) is 2. The van der Waals surface area contributed by atoms with E-state index in [2.05, 4.69) is 10.5 Å². The largest absolute Gasteiger partial charge is 0.277 e. The van der Waals surface area contributed by atoms with Crippen LogP contribution in [0.15, 0.2) is 45.7 Å². The number of benzene rings is 1. The molecule has 1 aromatic heterocycles. The number of hydrazone groups is 1. The van der Waals surface area contributed by atoms with E-state index in [9.17, 15) is 18.5 Å². The molecular weight excluding hydrogens is 316 g/mol. The molecule has 0 amide bonds. The highest BCUT2D eigenvalue weighted by Gasteiger charge is 2.18. The Balaban J connectivity index is 2.32. The summed E-state index contributed by atoms with van der Waals surface area (Å²) in [5.41, 5.74) is 2.22. The van der Waals surface area contributed by atoms with Crippen molar-refractivity contribution >= 4 is 38.9 Å². The van der Waals surface area contributed by atoms with Crippen LogP contribution in [-0.4, -0.2) is 19.6 Å². The monoisotopic (exact) mass is 326 g/mol. The quantitative estimate of drug-likeness (QED) is 0.491. The number of hydrogen-bond acceptors (Lipinski definition) is 7. The van der Waals surface area contributed by atoms with Gasteiger partial charge < -0.3 is 0 Å². The lowest BCUT2D eigenvalue weighted by Gasteiger charge is -2.06. The highest BCUT2D eigenvalue weighted by atomic mass is 32.2. The summed E-state index contributed by atoms with van der Waals surface area (Å²) in [5.74, 6) is 0. The van der Waals surface area contributed by atoms with Crippen molar-refractivity contribution in [2.24, 2.45) is 10.2 Å².